The van der Waals surface area contributed by atoms with Crippen LogP contribution < -0.4 is 0 Å². The van der Waals surface area contributed by atoms with Gasteiger partial charge in [-0.05, 0) is 32.0 Å². The molecule has 0 aliphatic heterocycles. The van der Waals surface area contributed by atoms with Crippen molar-refractivity contribution in [1.82, 2.24) is 29.0 Å². The zero-order chi connectivity index (χ0) is 20.5. The number of carbonyl (C=O) groups excluding carboxylic acids is 1. The molecular weight excluding hydrogens is 400 g/mol. The van der Waals surface area contributed by atoms with Crippen molar-refractivity contribution in [3.63, 3.8) is 0 Å². The normalized spacial score (nSPS) is 11.9. The molecule has 3 aromatic heterocycles. The van der Waals surface area contributed by atoms with Crippen molar-refractivity contribution in [1.29, 1.82) is 0 Å². The van der Waals surface area contributed by atoms with Crippen molar-refractivity contribution in [3.05, 3.63) is 47.7 Å². The third kappa shape index (κ3) is 3.86. The van der Waals surface area contributed by atoms with Gasteiger partial charge in [-0.1, -0.05) is 11.8 Å². The van der Waals surface area contributed by atoms with Gasteiger partial charge in [-0.3, -0.25) is 9.36 Å². The van der Waals surface area contributed by atoms with Crippen molar-refractivity contribution in [2.45, 2.75) is 23.8 Å². The van der Waals surface area contributed by atoms with Crippen LogP contribution in [0.1, 0.15) is 21.7 Å². The van der Waals surface area contributed by atoms with Gasteiger partial charge in [-0.15, -0.1) is 0 Å². The Balaban J connectivity index is 1.72. The van der Waals surface area contributed by atoms with Crippen LogP contribution >= 0.6 is 11.8 Å². The van der Waals surface area contributed by atoms with Crippen molar-refractivity contribution >= 4 is 27.6 Å². The number of Topliss-reactive ketones (excluding diaryl/α,β-unsaturated/α-hetero) is 1. The van der Waals surface area contributed by atoms with Crippen molar-refractivity contribution in [2.24, 2.45) is 0 Å². The van der Waals surface area contributed by atoms with Crippen LogP contribution in [0.25, 0.3) is 5.95 Å². The number of nitrogens with zero attached hydrogens (tertiary/aromatic N) is 5. The molecule has 28 heavy (non-hydrogen) atoms. The highest BCUT2D eigenvalue weighted by Gasteiger charge is 2.19. The summed E-state index contributed by atoms with van der Waals surface area (Å²) in [6, 6.07) is 4.91. The number of pyridine rings is 1. The molecule has 0 aliphatic rings. The highest BCUT2D eigenvalue weighted by atomic mass is 32.2. The molecule has 0 aliphatic carbocycles. The van der Waals surface area contributed by atoms with Gasteiger partial charge in [0.05, 0.1) is 10.8 Å². The second-order valence-corrected chi connectivity index (χ2v) is 9.41. The van der Waals surface area contributed by atoms with E-state index in [9.17, 15) is 13.2 Å². The summed E-state index contributed by atoms with van der Waals surface area (Å²) in [7, 11) is -0.591. The van der Waals surface area contributed by atoms with Gasteiger partial charge in [0.15, 0.2) is 5.78 Å². The van der Waals surface area contributed by atoms with Crippen LogP contribution in [0.4, 0.5) is 0 Å². The van der Waals surface area contributed by atoms with E-state index in [1.807, 2.05) is 24.5 Å². The Morgan fingerprint density at radius 1 is 1.25 bits per heavy atom. The van der Waals surface area contributed by atoms with Gasteiger partial charge in [0, 0.05) is 37.2 Å². The van der Waals surface area contributed by atoms with Gasteiger partial charge in [-0.25, -0.2) is 22.8 Å². The van der Waals surface area contributed by atoms with E-state index in [0.29, 0.717) is 16.5 Å². The summed E-state index contributed by atoms with van der Waals surface area (Å²) in [4.78, 5) is 21.1. The van der Waals surface area contributed by atoms with Gasteiger partial charge in [0.1, 0.15) is 11.2 Å². The number of thioether (sulfide) groups is 1. The maximum absolute atomic E-state index is 12.7. The van der Waals surface area contributed by atoms with Crippen molar-refractivity contribution < 1.29 is 13.2 Å². The molecule has 3 rings (SSSR count). The van der Waals surface area contributed by atoms with E-state index in [1.165, 1.54) is 44.4 Å². The average Bonchev–Trinajstić information content (AvgIpc) is 3.27. The largest absolute Gasteiger partial charge is 0.293 e. The zero-order valence-corrected chi connectivity index (χ0v) is 17.5. The Hall–Kier alpha value is -2.50. The maximum Gasteiger partial charge on any atom is 0.244 e. The Morgan fingerprint density at radius 2 is 2.00 bits per heavy atom. The summed E-state index contributed by atoms with van der Waals surface area (Å²) in [6.45, 7) is 3.75. The minimum Gasteiger partial charge on any atom is -0.293 e. The molecule has 148 valence electrons. The van der Waals surface area contributed by atoms with E-state index < -0.39 is 10.0 Å². The van der Waals surface area contributed by atoms with Crippen LogP contribution in [0.5, 0.6) is 0 Å². The Morgan fingerprint density at radius 3 is 2.57 bits per heavy atom. The number of hydrogen-bond acceptors (Lipinski definition) is 7. The summed E-state index contributed by atoms with van der Waals surface area (Å²) in [6.07, 6.45) is 2.72. The molecule has 0 unspecified atom stereocenters. The maximum atomic E-state index is 12.7. The number of sulfonamides is 1. The average molecular weight is 421 g/mol. The second kappa shape index (κ2) is 7.86. The molecule has 0 spiro atoms. The molecule has 3 aromatic rings. The standard InChI is InChI=1S/C17H20N6O3S2/c1-11-7-14(12(2)23(11)17-19-10-20-21-17)15(24)9-27-16-6-5-13(8-18-16)28(25,26)22(3)4/h5-8,10H,9H2,1-4H3,(H,19,20,21). The molecule has 0 radical (unpaired) electrons. The number of aromatic nitrogens is 5. The zero-order valence-electron chi connectivity index (χ0n) is 15.9. The Bertz CT molecular complexity index is 1090. The van der Waals surface area contributed by atoms with Crippen molar-refractivity contribution in [3.8, 4) is 5.95 Å². The predicted octanol–water partition coefficient (Wildman–Crippen LogP) is 1.83. The molecule has 1 N–H and O–H groups in total. The summed E-state index contributed by atoms with van der Waals surface area (Å²) in [5.41, 5.74) is 2.26. The topological polar surface area (TPSA) is 114 Å². The molecule has 0 saturated carbocycles. The quantitative estimate of drug-likeness (QED) is 0.458. The first kappa shape index (κ1) is 20.2. The lowest BCUT2D eigenvalue weighted by molar-refractivity contribution is 0.102. The highest BCUT2D eigenvalue weighted by Crippen LogP contribution is 2.23. The first-order chi connectivity index (χ1) is 13.2. The van der Waals surface area contributed by atoms with Crippen molar-refractivity contribution in [2.75, 3.05) is 19.8 Å². The molecule has 0 amide bonds. The number of aryl methyl sites for hydroxylation is 1. The number of hydrogen-bond donors (Lipinski definition) is 1. The third-order valence-corrected chi connectivity index (χ3v) is 6.93. The lowest BCUT2D eigenvalue weighted by atomic mass is 10.2. The van der Waals surface area contributed by atoms with Crippen LogP contribution in [0.3, 0.4) is 0 Å². The van der Waals surface area contributed by atoms with E-state index in [1.54, 1.807) is 6.07 Å². The summed E-state index contributed by atoms with van der Waals surface area (Å²) < 4.78 is 27.1. The lowest BCUT2D eigenvalue weighted by Gasteiger charge is -2.11. The number of carbonyl (C=O) groups is 1. The molecule has 0 aromatic carbocycles. The molecule has 9 nitrogen and oxygen atoms in total. The number of rotatable bonds is 7. The fourth-order valence-corrected chi connectivity index (χ4v) is 4.28. The van der Waals surface area contributed by atoms with Gasteiger partial charge in [-0.2, -0.15) is 10.1 Å². The molecule has 0 saturated heterocycles. The SMILES string of the molecule is Cc1cc(C(=O)CSc2ccc(S(=O)(=O)N(C)C)cn2)c(C)n1-c1ncn[nH]1. The molecule has 0 atom stereocenters. The minimum atomic E-state index is -3.52. The van der Waals surface area contributed by atoms with E-state index in [2.05, 4.69) is 20.2 Å². The fraction of sp³-hybridized carbons (Fsp3) is 0.294. The lowest BCUT2D eigenvalue weighted by Crippen LogP contribution is -2.22. The first-order valence-electron chi connectivity index (χ1n) is 8.31. The molecular formula is C17H20N6O3S2. The van der Waals surface area contributed by atoms with Crippen LogP contribution in [-0.4, -0.2) is 63.1 Å². The van der Waals surface area contributed by atoms with E-state index in [-0.39, 0.29) is 16.4 Å². The van der Waals surface area contributed by atoms with E-state index in [4.69, 9.17) is 0 Å². The molecule has 11 heteroatoms. The van der Waals surface area contributed by atoms with E-state index >= 15 is 0 Å². The highest BCUT2D eigenvalue weighted by molar-refractivity contribution is 7.99. The van der Waals surface area contributed by atoms with Gasteiger partial charge in [0.25, 0.3) is 0 Å². The first-order valence-corrected chi connectivity index (χ1v) is 10.7. The molecule has 0 fully saturated rings. The van der Waals surface area contributed by atoms with Crippen LogP contribution in [-0.2, 0) is 10.0 Å². The monoisotopic (exact) mass is 420 g/mol. The van der Waals surface area contributed by atoms with Gasteiger partial charge in [0.2, 0.25) is 16.0 Å². The summed E-state index contributed by atoms with van der Waals surface area (Å²) >= 11 is 1.26. The second-order valence-electron chi connectivity index (χ2n) is 6.26. The summed E-state index contributed by atoms with van der Waals surface area (Å²) in [5.74, 6) is 0.699. The van der Waals surface area contributed by atoms with Crippen LogP contribution in [0, 0.1) is 13.8 Å². The fourth-order valence-electron chi connectivity index (χ4n) is 2.71. The Labute approximate surface area is 167 Å². The number of ketones is 1. The minimum absolute atomic E-state index is 0.0457. The smallest absolute Gasteiger partial charge is 0.244 e. The van der Waals surface area contributed by atoms with Crippen LogP contribution in [0.2, 0.25) is 0 Å². The predicted molar refractivity (Wildman–Crippen MR) is 105 cm³/mol. The molecule has 3 heterocycles. The molecule has 0 bridgehead atoms. The number of H-pyrrole nitrogens is 1. The summed E-state index contributed by atoms with van der Waals surface area (Å²) in [5, 5.41) is 7.22. The van der Waals surface area contributed by atoms with Gasteiger partial charge >= 0.3 is 0 Å². The van der Waals surface area contributed by atoms with Crippen LogP contribution in [0.15, 0.2) is 40.6 Å². The van der Waals surface area contributed by atoms with E-state index in [0.717, 1.165) is 15.7 Å². The Kier molecular flexibility index (Phi) is 5.68. The van der Waals surface area contributed by atoms with Gasteiger partial charge < -0.3 is 0 Å². The number of nitrogens with one attached hydrogen (secondary N) is 1. The third-order valence-electron chi connectivity index (χ3n) is 4.18. The number of aromatic amines is 1.